The van der Waals surface area contributed by atoms with Crippen LogP contribution in [0.4, 0.5) is 11.4 Å². The quantitative estimate of drug-likeness (QED) is 0.218. The van der Waals surface area contributed by atoms with Gasteiger partial charge in [-0.25, -0.2) is 4.68 Å². The summed E-state index contributed by atoms with van der Waals surface area (Å²) < 4.78 is 2.07. The molecule has 8 nitrogen and oxygen atoms in total. The van der Waals surface area contributed by atoms with Gasteiger partial charge in [-0.3, -0.25) is 9.97 Å². The second-order valence-electron chi connectivity index (χ2n) is 12.7. The topological polar surface area (TPSA) is 104 Å². The van der Waals surface area contributed by atoms with E-state index in [0.29, 0.717) is 22.6 Å². The molecule has 2 N–H and O–H groups in total. The van der Waals surface area contributed by atoms with Gasteiger partial charge in [-0.2, -0.15) is 5.26 Å². The largest absolute Gasteiger partial charge is 0.383 e. The second kappa shape index (κ2) is 9.42. The maximum Gasteiger partial charge on any atom is 0.110 e. The minimum atomic E-state index is -0.310. The molecule has 0 aliphatic heterocycles. The van der Waals surface area contributed by atoms with Crippen LogP contribution in [0.25, 0.3) is 21.8 Å². The van der Waals surface area contributed by atoms with Gasteiger partial charge in [0.1, 0.15) is 11.8 Å². The summed E-state index contributed by atoms with van der Waals surface area (Å²) in [6.45, 7) is 7.14. The van der Waals surface area contributed by atoms with Crippen molar-refractivity contribution < 1.29 is 0 Å². The Morgan fingerprint density at radius 2 is 1.95 bits per heavy atom. The molecule has 3 aliphatic rings. The van der Waals surface area contributed by atoms with E-state index in [1.165, 1.54) is 19.3 Å². The smallest absolute Gasteiger partial charge is 0.110 e. The SMILES string of the molecule is CC(C)(C)CNc1c(C#N)cnc2c(Cl)cc(N[C@H](c3cn(C45CC(C4)C5)nn3)c3cccc4ncccc34)cc12. The minimum Gasteiger partial charge on any atom is -0.383 e. The zero-order valence-corrected chi connectivity index (χ0v) is 24.1. The molecule has 0 saturated heterocycles. The third-order valence-corrected chi connectivity index (χ3v) is 8.73. The number of fused-ring (bicyclic) bond motifs is 2. The lowest BCUT2D eigenvalue weighted by Gasteiger charge is -2.61. The third kappa shape index (κ3) is 4.45. The minimum absolute atomic E-state index is 0.0156. The van der Waals surface area contributed by atoms with Crippen molar-refractivity contribution in [3.05, 3.63) is 82.9 Å². The molecule has 8 rings (SSSR count). The number of nitrogens with zero attached hydrogens (tertiary/aromatic N) is 6. The maximum absolute atomic E-state index is 9.88. The first-order valence-electron chi connectivity index (χ1n) is 14.0. The van der Waals surface area contributed by atoms with E-state index in [4.69, 9.17) is 11.6 Å². The Labute approximate surface area is 243 Å². The molecule has 0 amide bonds. The van der Waals surface area contributed by atoms with Crippen LogP contribution in [0.1, 0.15) is 62.9 Å². The van der Waals surface area contributed by atoms with Crippen LogP contribution in [-0.2, 0) is 5.54 Å². The Hall–Kier alpha value is -4.22. The molecule has 3 saturated carbocycles. The third-order valence-electron chi connectivity index (χ3n) is 8.44. The van der Waals surface area contributed by atoms with E-state index in [2.05, 4.69) is 80.8 Å². The summed E-state index contributed by atoms with van der Waals surface area (Å²) in [5, 5.41) is 28.7. The van der Waals surface area contributed by atoms with Gasteiger partial charge in [0, 0.05) is 35.4 Å². The van der Waals surface area contributed by atoms with Gasteiger partial charge in [0.15, 0.2) is 0 Å². The fraction of sp³-hybridized carbons (Fsp3) is 0.344. The summed E-state index contributed by atoms with van der Waals surface area (Å²) >= 11 is 6.83. The first-order chi connectivity index (χ1) is 19.7. The number of nitriles is 1. The van der Waals surface area contributed by atoms with Crippen LogP contribution >= 0.6 is 11.6 Å². The Morgan fingerprint density at radius 3 is 2.68 bits per heavy atom. The van der Waals surface area contributed by atoms with E-state index in [1.807, 2.05) is 36.5 Å². The zero-order chi connectivity index (χ0) is 28.4. The van der Waals surface area contributed by atoms with Crippen molar-refractivity contribution in [1.29, 1.82) is 5.26 Å². The molecule has 0 unspecified atom stereocenters. The lowest BCUT2D eigenvalue weighted by atomic mass is 9.50. The molecule has 5 aromatic rings. The van der Waals surface area contributed by atoms with Gasteiger partial charge in [0.25, 0.3) is 0 Å². The first-order valence-corrected chi connectivity index (χ1v) is 14.4. The molecule has 2 aromatic carbocycles. The molecule has 9 heteroatoms. The van der Waals surface area contributed by atoms with Crippen LogP contribution in [-0.4, -0.2) is 31.5 Å². The molecule has 41 heavy (non-hydrogen) atoms. The van der Waals surface area contributed by atoms with Crippen molar-refractivity contribution in [2.24, 2.45) is 11.3 Å². The highest BCUT2D eigenvalue weighted by Gasteiger charge is 2.58. The summed E-state index contributed by atoms with van der Waals surface area (Å²) in [5.74, 6) is 0.841. The average Bonchev–Trinajstić information content (AvgIpc) is 3.37. The number of halogens is 1. The molecule has 2 bridgehead atoms. The van der Waals surface area contributed by atoms with Crippen molar-refractivity contribution >= 4 is 44.8 Å². The number of hydrogen-bond donors (Lipinski definition) is 2. The second-order valence-corrected chi connectivity index (χ2v) is 13.1. The number of benzene rings is 2. The Kier molecular flexibility index (Phi) is 5.91. The standard InChI is InChI=1S/C32H31ClN8/c1-31(2,3)18-37-28-20(15-34)16-36-29-24(28)10-21(11-25(29)33)38-30(23-6-4-8-26-22(23)7-5-9-35-26)27-17-41(40-39-27)32-12-19(13-32)14-32/h4-11,16-17,19,30,38H,12-14,18H2,1-3H3,(H,36,37)/t19?,30-,32?/m0/s1. The summed E-state index contributed by atoms with van der Waals surface area (Å²) in [5.41, 5.74) is 5.60. The average molecular weight is 563 g/mol. The molecule has 0 spiro atoms. The lowest BCUT2D eigenvalue weighted by molar-refractivity contribution is -0.0989. The first kappa shape index (κ1) is 25.7. The molecular formula is C32H31ClN8. The van der Waals surface area contributed by atoms with Gasteiger partial charge < -0.3 is 10.6 Å². The van der Waals surface area contributed by atoms with Crippen molar-refractivity contribution in [2.75, 3.05) is 17.2 Å². The van der Waals surface area contributed by atoms with Gasteiger partial charge in [-0.05, 0) is 60.4 Å². The van der Waals surface area contributed by atoms with Crippen LogP contribution in [0.2, 0.25) is 5.02 Å². The summed E-state index contributed by atoms with van der Waals surface area (Å²) in [7, 11) is 0. The Morgan fingerprint density at radius 1 is 1.12 bits per heavy atom. The van der Waals surface area contributed by atoms with E-state index < -0.39 is 0 Å². The summed E-state index contributed by atoms with van der Waals surface area (Å²) in [6.07, 6.45) is 9.04. The maximum atomic E-state index is 9.88. The lowest BCUT2D eigenvalue weighted by Crippen LogP contribution is -2.59. The molecule has 206 valence electrons. The van der Waals surface area contributed by atoms with Crippen molar-refractivity contribution in [1.82, 2.24) is 25.0 Å². The van der Waals surface area contributed by atoms with Gasteiger partial charge in [0.2, 0.25) is 0 Å². The number of rotatable bonds is 7. The summed E-state index contributed by atoms with van der Waals surface area (Å²) in [4.78, 5) is 9.12. The molecule has 1 atom stereocenters. The monoisotopic (exact) mass is 562 g/mol. The normalized spacial score (nSPS) is 20.2. The molecule has 0 radical (unpaired) electrons. The summed E-state index contributed by atoms with van der Waals surface area (Å²) in [6, 6.07) is 16.1. The molecule has 3 aliphatic carbocycles. The Bertz CT molecular complexity index is 1820. The number of anilines is 2. The molecule has 3 heterocycles. The van der Waals surface area contributed by atoms with Crippen molar-refractivity contribution in [2.45, 2.75) is 51.6 Å². The van der Waals surface area contributed by atoms with Crippen LogP contribution in [0, 0.1) is 22.7 Å². The number of pyridine rings is 2. The van der Waals surface area contributed by atoms with E-state index in [1.54, 1.807) is 6.20 Å². The van der Waals surface area contributed by atoms with Crippen molar-refractivity contribution in [3.63, 3.8) is 0 Å². The van der Waals surface area contributed by atoms with E-state index in [-0.39, 0.29) is 17.0 Å². The van der Waals surface area contributed by atoms with Gasteiger partial charge in [0.05, 0.1) is 45.1 Å². The van der Waals surface area contributed by atoms with E-state index in [9.17, 15) is 5.26 Å². The van der Waals surface area contributed by atoms with Crippen molar-refractivity contribution in [3.8, 4) is 6.07 Å². The highest BCUT2D eigenvalue weighted by molar-refractivity contribution is 6.35. The van der Waals surface area contributed by atoms with Gasteiger partial charge in [-0.15, -0.1) is 5.10 Å². The van der Waals surface area contributed by atoms with Gasteiger partial charge in [-0.1, -0.05) is 55.8 Å². The highest BCUT2D eigenvalue weighted by Crippen LogP contribution is 2.62. The van der Waals surface area contributed by atoms with Gasteiger partial charge >= 0.3 is 0 Å². The number of nitrogens with one attached hydrogen (secondary N) is 2. The number of aromatic nitrogens is 5. The Balaban J connectivity index is 1.34. The molecule has 3 fully saturated rings. The van der Waals surface area contributed by atoms with E-state index >= 15 is 0 Å². The predicted octanol–water partition coefficient (Wildman–Crippen LogP) is 7.07. The number of hydrogen-bond acceptors (Lipinski definition) is 7. The predicted molar refractivity (Wildman–Crippen MR) is 162 cm³/mol. The van der Waals surface area contributed by atoms with E-state index in [0.717, 1.165) is 44.8 Å². The fourth-order valence-electron chi connectivity index (χ4n) is 6.18. The van der Waals surface area contributed by atoms with Crippen LogP contribution in [0.5, 0.6) is 0 Å². The molecular weight excluding hydrogens is 532 g/mol. The van der Waals surface area contributed by atoms with Crippen LogP contribution in [0.3, 0.4) is 0 Å². The van der Waals surface area contributed by atoms with Crippen LogP contribution < -0.4 is 10.6 Å². The fourth-order valence-corrected chi connectivity index (χ4v) is 6.45. The highest BCUT2D eigenvalue weighted by atomic mass is 35.5. The molecule has 3 aromatic heterocycles. The van der Waals surface area contributed by atoms with Crippen LogP contribution in [0.15, 0.2) is 61.1 Å². The zero-order valence-electron chi connectivity index (χ0n) is 23.3.